The number of nitrogens with one attached hydrogen (secondary N) is 1. The summed E-state index contributed by atoms with van der Waals surface area (Å²) in [4.78, 5) is 27.5. The normalized spacial score (nSPS) is 22.5. The van der Waals surface area contributed by atoms with Gasteiger partial charge in [0.25, 0.3) is 0 Å². The highest BCUT2D eigenvalue weighted by atomic mass is 32.1. The molecule has 0 spiro atoms. The van der Waals surface area contributed by atoms with Crippen molar-refractivity contribution in [2.75, 3.05) is 12.4 Å². The summed E-state index contributed by atoms with van der Waals surface area (Å²) >= 11 is 1.44. The molecule has 1 amide bonds. The zero-order valence-corrected chi connectivity index (χ0v) is 16.4. The fraction of sp³-hybridized carbons (Fsp3) is 0.381. The van der Waals surface area contributed by atoms with E-state index in [9.17, 15) is 9.59 Å². The molecule has 3 rings (SSSR count). The summed E-state index contributed by atoms with van der Waals surface area (Å²) in [6.45, 7) is 1.48. The molecule has 1 aromatic carbocycles. The molecule has 27 heavy (non-hydrogen) atoms. The Morgan fingerprint density at radius 3 is 2.74 bits per heavy atom. The quantitative estimate of drug-likeness (QED) is 0.609. The molecule has 142 valence electrons. The zero-order valence-electron chi connectivity index (χ0n) is 15.6. The molecule has 1 aliphatic carbocycles. The van der Waals surface area contributed by atoms with Crippen LogP contribution in [0, 0.1) is 5.92 Å². The van der Waals surface area contributed by atoms with Gasteiger partial charge < -0.3 is 10.1 Å². The molecular weight excluding hydrogens is 360 g/mol. The first-order chi connectivity index (χ1) is 13.1. The fourth-order valence-electron chi connectivity index (χ4n) is 3.73. The minimum Gasteiger partial charge on any atom is -0.466 e. The molecule has 5 nitrogen and oxygen atoms in total. The fourth-order valence-corrected chi connectivity index (χ4v) is 4.55. The van der Waals surface area contributed by atoms with E-state index in [2.05, 4.69) is 34.6 Å². The summed E-state index contributed by atoms with van der Waals surface area (Å²) in [6.07, 6.45) is 6.48. The van der Waals surface area contributed by atoms with E-state index in [0.29, 0.717) is 11.0 Å². The second-order valence-corrected chi connectivity index (χ2v) is 7.69. The number of esters is 1. The van der Waals surface area contributed by atoms with Gasteiger partial charge in [-0.25, -0.2) is 9.78 Å². The van der Waals surface area contributed by atoms with Gasteiger partial charge in [0.1, 0.15) is 0 Å². The van der Waals surface area contributed by atoms with Crippen molar-refractivity contribution < 1.29 is 14.3 Å². The third-order valence-corrected chi connectivity index (χ3v) is 5.82. The highest BCUT2D eigenvalue weighted by Crippen LogP contribution is 2.45. The van der Waals surface area contributed by atoms with Crippen molar-refractivity contribution in [3.63, 3.8) is 0 Å². The third kappa shape index (κ3) is 5.04. The minimum absolute atomic E-state index is 0.121. The number of aromatic nitrogens is 1. The number of thiazole rings is 1. The van der Waals surface area contributed by atoms with Crippen LogP contribution in [0.5, 0.6) is 0 Å². The van der Waals surface area contributed by atoms with E-state index in [1.54, 1.807) is 0 Å². The number of carbonyl (C=O) groups excluding carboxylic acids is 2. The minimum atomic E-state index is -0.337. The van der Waals surface area contributed by atoms with Crippen molar-refractivity contribution in [3.05, 3.63) is 59.1 Å². The Balaban J connectivity index is 1.84. The van der Waals surface area contributed by atoms with Gasteiger partial charge in [0, 0.05) is 24.3 Å². The van der Waals surface area contributed by atoms with E-state index in [-0.39, 0.29) is 23.7 Å². The zero-order chi connectivity index (χ0) is 19.2. The van der Waals surface area contributed by atoms with Crippen LogP contribution in [0.25, 0.3) is 0 Å². The van der Waals surface area contributed by atoms with Gasteiger partial charge >= 0.3 is 5.97 Å². The van der Waals surface area contributed by atoms with E-state index in [1.807, 2.05) is 17.5 Å². The number of hydrogen-bond acceptors (Lipinski definition) is 5. The van der Waals surface area contributed by atoms with Crippen LogP contribution in [0.2, 0.25) is 0 Å². The van der Waals surface area contributed by atoms with Crippen molar-refractivity contribution >= 4 is 28.3 Å². The highest BCUT2D eigenvalue weighted by molar-refractivity contribution is 7.13. The van der Waals surface area contributed by atoms with Crippen LogP contribution >= 0.6 is 11.3 Å². The molecule has 3 atom stereocenters. The lowest BCUT2D eigenvalue weighted by atomic mass is 9.70. The molecule has 0 saturated heterocycles. The van der Waals surface area contributed by atoms with Crippen LogP contribution in [0.3, 0.4) is 0 Å². The van der Waals surface area contributed by atoms with Crippen LogP contribution in [-0.2, 0) is 14.3 Å². The number of rotatable bonds is 5. The van der Waals surface area contributed by atoms with Crippen LogP contribution in [0.15, 0.2) is 47.9 Å². The van der Waals surface area contributed by atoms with Gasteiger partial charge in [-0.05, 0) is 36.7 Å². The average Bonchev–Trinajstić information content (AvgIpc) is 3.14. The standard InChI is InChI=1S/C21H24N2O3S/c1-14(24)22-21-23-19(13-27-21)18-12-17(15-6-4-3-5-7-15)9-8-16(18)10-11-20(25)26-2/h3-7,10-11,13,16-18H,8-9,12H2,1-2H3,(H,22,23,24)/t16?,17-,18+/m0/s1. The van der Waals surface area contributed by atoms with Crippen molar-refractivity contribution in [2.24, 2.45) is 5.92 Å². The monoisotopic (exact) mass is 384 g/mol. The number of carbonyl (C=O) groups is 2. The lowest BCUT2D eigenvalue weighted by molar-refractivity contribution is -0.134. The predicted octanol–water partition coefficient (Wildman–Crippen LogP) is 4.50. The molecule has 1 aliphatic rings. The molecule has 0 aliphatic heterocycles. The molecule has 2 aromatic rings. The lowest BCUT2D eigenvalue weighted by Gasteiger charge is -2.34. The topological polar surface area (TPSA) is 68.3 Å². The van der Waals surface area contributed by atoms with E-state index in [1.165, 1.54) is 37.0 Å². The van der Waals surface area contributed by atoms with Gasteiger partial charge in [0.2, 0.25) is 5.91 Å². The number of allylic oxidation sites excluding steroid dienone is 1. The second-order valence-electron chi connectivity index (χ2n) is 6.83. The smallest absolute Gasteiger partial charge is 0.330 e. The molecule has 1 fully saturated rings. The Kier molecular flexibility index (Phi) is 6.40. The molecule has 1 saturated carbocycles. The summed E-state index contributed by atoms with van der Waals surface area (Å²) in [7, 11) is 1.39. The van der Waals surface area contributed by atoms with Crippen LogP contribution in [-0.4, -0.2) is 24.0 Å². The van der Waals surface area contributed by atoms with Gasteiger partial charge in [-0.15, -0.1) is 11.3 Å². The molecule has 1 N–H and O–H groups in total. The molecule has 0 bridgehead atoms. The number of methoxy groups -OCH3 is 1. The Hall–Kier alpha value is -2.47. The molecule has 6 heteroatoms. The summed E-state index contributed by atoms with van der Waals surface area (Å²) < 4.78 is 4.73. The molecule has 1 unspecified atom stereocenters. The Labute approximate surface area is 163 Å². The van der Waals surface area contributed by atoms with Gasteiger partial charge in [0.15, 0.2) is 5.13 Å². The van der Waals surface area contributed by atoms with Gasteiger partial charge in [0.05, 0.1) is 12.8 Å². The van der Waals surface area contributed by atoms with E-state index < -0.39 is 0 Å². The third-order valence-electron chi connectivity index (χ3n) is 5.04. The molecule has 0 radical (unpaired) electrons. The predicted molar refractivity (Wildman–Crippen MR) is 107 cm³/mol. The highest BCUT2D eigenvalue weighted by Gasteiger charge is 2.32. The number of hydrogen-bond donors (Lipinski definition) is 1. The first-order valence-electron chi connectivity index (χ1n) is 9.11. The van der Waals surface area contributed by atoms with Gasteiger partial charge in [-0.1, -0.05) is 36.4 Å². The maximum atomic E-state index is 11.5. The largest absolute Gasteiger partial charge is 0.466 e. The summed E-state index contributed by atoms with van der Waals surface area (Å²) in [5.74, 6) is 0.421. The van der Waals surface area contributed by atoms with Crippen LogP contribution in [0.1, 0.15) is 49.3 Å². The van der Waals surface area contributed by atoms with E-state index in [4.69, 9.17) is 4.74 Å². The first-order valence-corrected chi connectivity index (χ1v) is 9.99. The summed E-state index contributed by atoms with van der Waals surface area (Å²) in [6, 6.07) is 10.5. The van der Waals surface area contributed by atoms with Crippen molar-refractivity contribution in [1.29, 1.82) is 0 Å². The Morgan fingerprint density at radius 2 is 2.04 bits per heavy atom. The van der Waals surface area contributed by atoms with Crippen LogP contribution in [0.4, 0.5) is 5.13 Å². The number of ether oxygens (including phenoxy) is 1. The number of benzene rings is 1. The number of anilines is 1. The Morgan fingerprint density at radius 1 is 1.26 bits per heavy atom. The molecular formula is C21H24N2O3S. The Bertz CT molecular complexity index is 816. The first kappa shape index (κ1) is 19.3. The summed E-state index contributed by atoms with van der Waals surface area (Å²) in [5.41, 5.74) is 2.32. The van der Waals surface area contributed by atoms with Crippen LogP contribution < -0.4 is 5.32 Å². The van der Waals surface area contributed by atoms with E-state index >= 15 is 0 Å². The average molecular weight is 385 g/mol. The van der Waals surface area contributed by atoms with Crippen molar-refractivity contribution in [2.45, 2.75) is 38.0 Å². The maximum absolute atomic E-state index is 11.5. The number of nitrogens with zero attached hydrogens (tertiary/aromatic N) is 1. The SMILES string of the molecule is COC(=O)C=CC1CC[C@H](c2ccccc2)C[C@H]1c1csc(NC(C)=O)n1. The van der Waals surface area contributed by atoms with E-state index in [0.717, 1.165) is 25.0 Å². The van der Waals surface area contributed by atoms with Gasteiger partial charge in [-0.2, -0.15) is 0 Å². The second kappa shape index (κ2) is 8.95. The number of amides is 1. The van der Waals surface area contributed by atoms with Crippen molar-refractivity contribution in [1.82, 2.24) is 4.98 Å². The van der Waals surface area contributed by atoms with Crippen molar-refractivity contribution in [3.8, 4) is 0 Å². The maximum Gasteiger partial charge on any atom is 0.330 e. The summed E-state index contributed by atoms with van der Waals surface area (Å²) in [5, 5.41) is 5.39. The molecule has 1 heterocycles. The molecule has 1 aromatic heterocycles. The van der Waals surface area contributed by atoms with Gasteiger partial charge in [-0.3, -0.25) is 4.79 Å². The lowest BCUT2D eigenvalue weighted by Crippen LogP contribution is -2.22.